The second kappa shape index (κ2) is 4.17. The van der Waals surface area contributed by atoms with Gasteiger partial charge in [-0.25, -0.2) is 0 Å². The Morgan fingerprint density at radius 2 is 2.25 bits per heavy atom. The molecule has 2 unspecified atom stereocenters. The number of rotatable bonds is 3. The normalized spacial score (nSPS) is 26.6. The summed E-state index contributed by atoms with van der Waals surface area (Å²) < 4.78 is 11.6. The Morgan fingerprint density at radius 3 is 2.67 bits per heavy atom. The molecule has 0 aromatic carbocycles. The molecule has 1 fully saturated rings. The van der Waals surface area contributed by atoms with Crippen LogP contribution in [-0.4, -0.2) is 21.0 Å². The van der Waals surface area contributed by atoms with Crippen molar-refractivity contribution in [2.24, 2.45) is 5.92 Å². The first-order valence-corrected chi connectivity index (χ1v) is 5.89. The minimum absolute atomic E-state index is 0.132. The van der Waals surface area contributed by atoms with E-state index in [0.29, 0.717) is 18.1 Å². The zero-order valence-corrected chi connectivity index (χ0v) is 8.52. The van der Waals surface area contributed by atoms with Gasteiger partial charge in [0.25, 0.3) is 0 Å². The Kier molecular flexibility index (Phi) is 3.44. The molecule has 0 aromatic heterocycles. The van der Waals surface area contributed by atoms with E-state index in [0.717, 1.165) is 12.8 Å². The van der Waals surface area contributed by atoms with E-state index in [1.54, 1.807) is 0 Å². The van der Waals surface area contributed by atoms with Gasteiger partial charge in [0.15, 0.2) is 0 Å². The molecule has 0 radical (unpaired) electrons. The molecule has 0 heterocycles. The van der Waals surface area contributed by atoms with Gasteiger partial charge in [-0.05, 0) is 18.8 Å². The maximum Gasteiger partial charge on any atom is 0.148 e. The van der Waals surface area contributed by atoms with E-state index in [2.05, 4.69) is 0 Å². The largest absolute Gasteiger partial charge is 0.298 e. The van der Waals surface area contributed by atoms with Crippen molar-refractivity contribution in [1.82, 2.24) is 0 Å². The van der Waals surface area contributed by atoms with Gasteiger partial charge >= 0.3 is 0 Å². The van der Waals surface area contributed by atoms with E-state index in [9.17, 15) is 9.00 Å². The maximum atomic E-state index is 11.6. The Balaban J connectivity index is 2.46. The van der Waals surface area contributed by atoms with Crippen LogP contribution in [0.2, 0.25) is 0 Å². The SMILES string of the molecule is CC(C)CS(=O)C1CCCC1=O. The molecule has 1 aliphatic carbocycles. The molecule has 1 aliphatic rings. The second-order valence-electron chi connectivity index (χ2n) is 3.79. The molecule has 0 amide bonds. The Hall–Kier alpha value is -0.180. The third-order valence-electron chi connectivity index (χ3n) is 2.06. The molecular formula is C9H16O2S. The fourth-order valence-electron chi connectivity index (χ4n) is 1.51. The summed E-state index contributed by atoms with van der Waals surface area (Å²) in [7, 11) is -0.905. The van der Waals surface area contributed by atoms with Gasteiger partial charge in [0, 0.05) is 23.0 Å². The number of hydrogen-bond donors (Lipinski definition) is 0. The van der Waals surface area contributed by atoms with Crippen LogP contribution in [-0.2, 0) is 15.6 Å². The Labute approximate surface area is 76.2 Å². The lowest BCUT2D eigenvalue weighted by atomic mass is 10.3. The van der Waals surface area contributed by atoms with E-state index in [1.165, 1.54) is 0 Å². The quantitative estimate of drug-likeness (QED) is 0.673. The predicted octanol–water partition coefficient (Wildman–Crippen LogP) is 1.51. The van der Waals surface area contributed by atoms with Gasteiger partial charge in [0.1, 0.15) is 5.78 Å². The van der Waals surface area contributed by atoms with Gasteiger partial charge in [0.05, 0.1) is 5.25 Å². The van der Waals surface area contributed by atoms with Crippen molar-refractivity contribution in [1.29, 1.82) is 0 Å². The lowest BCUT2D eigenvalue weighted by Crippen LogP contribution is -2.23. The van der Waals surface area contributed by atoms with Crippen LogP contribution >= 0.6 is 0 Å². The standard InChI is InChI=1S/C9H16O2S/c1-7(2)6-12(11)9-5-3-4-8(9)10/h7,9H,3-6H2,1-2H3. The molecule has 1 saturated carbocycles. The number of hydrogen-bond acceptors (Lipinski definition) is 2. The topological polar surface area (TPSA) is 34.1 Å². The van der Waals surface area contributed by atoms with Gasteiger partial charge in [0.2, 0.25) is 0 Å². The third kappa shape index (κ3) is 2.41. The highest BCUT2D eigenvalue weighted by Gasteiger charge is 2.29. The summed E-state index contributed by atoms with van der Waals surface area (Å²) in [4.78, 5) is 11.2. The van der Waals surface area contributed by atoms with E-state index >= 15 is 0 Å². The van der Waals surface area contributed by atoms with Crippen LogP contribution in [0.3, 0.4) is 0 Å². The first kappa shape index (κ1) is 9.90. The van der Waals surface area contributed by atoms with Gasteiger partial charge < -0.3 is 0 Å². The van der Waals surface area contributed by atoms with Gasteiger partial charge in [-0.3, -0.25) is 9.00 Å². The smallest absolute Gasteiger partial charge is 0.148 e. The highest BCUT2D eigenvalue weighted by atomic mass is 32.2. The Morgan fingerprint density at radius 1 is 1.58 bits per heavy atom. The fourth-order valence-corrected chi connectivity index (χ4v) is 3.24. The van der Waals surface area contributed by atoms with Crippen LogP contribution < -0.4 is 0 Å². The summed E-state index contributed by atoms with van der Waals surface area (Å²) >= 11 is 0. The number of carbonyl (C=O) groups is 1. The Bertz CT molecular complexity index is 199. The van der Waals surface area contributed by atoms with Crippen LogP contribution in [0.5, 0.6) is 0 Å². The van der Waals surface area contributed by atoms with E-state index < -0.39 is 10.8 Å². The zero-order chi connectivity index (χ0) is 9.14. The molecule has 0 saturated heterocycles. The molecule has 70 valence electrons. The monoisotopic (exact) mass is 188 g/mol. The van der Waals surface area contributed by atoms with Gasteiger partial charge in [-0.1, -0.05) is 13.8 Å². The number of Topliss-reactive ketones (excluding diaryl/α,β-unsaturated/α-hetero) is 1. The van der Waals surface area contributed by atoms with Crippen LogP contribution in [0.25, 0.3) is 0 Å². The zero-order valence-electron chi connectivity index (χ0n) is 7.71. The first-order chi connectivity index (χ1) is 5.61. The van der Waals surface area contributed by atoms with E-state index in [-0.39, 0.29) is 11.0 Å². The van der Waals surface area contributed by atoms with Crippen molar-refractivity contribution in [3.05, 3.63) is 0 Å². The fraction of sp³-hybridized carbons (Fsp3) is 0.889. The summed E-state index contributed by atoms with van der Waals surface area (Å²) in [6, 6.07) is 0. The minimum atomic E-state index is -0.905. The summed E-state index contributed by atoms with van der Waals surface area (Å²) in [6.45, 7) is 4.08. The molecule has 0 bridgehead atoms. The molecule has 2 nitrogen and oxygen atoms in total. The summed E-state index contributed by atoms with van der Waals surface area (Å²) in [5, 5.41) is -0.132. The van der Waals surface area contributed by atoms with E-state index in [4.69, 9.17) is 0 Å². The average Bonchev–Trinajstić information content (AvgIpc) is 2.33. The molecule has 0 aliphatic heterocycles. The lowest BCUT2D eigenvalue weighted by molar-refractivity contribution is -0.117. The van der Waals surface area contributed by atoms with E-state index in [1.807, 2.05) is 13.8 Å². The number of carbonyl (C=O) groups excluding carboxylic acids is 1. The van der Waals surface area contributed by atoms with Gasteiger partial charge in [-0.15, -0.1) is 0 Å². The van der Waals surface area contributed by atoms with Crippen LogP contribution in [0.1, 0.15) is 33.1 Å². The van der Waals surface area contributed by atoms with Crippen LogP contribution in [0.15, 0.2) is 0 Å². The molecule has 12 heavy (non-hydrogen) atoms. The second-order valence-corrected chi connectivity index (χ2v) is 5.45. The molecule has 2 atom stereocenters. The van der Waals surface area contributed by atoms with Crippen molar-refractivity contribution in [3.63, 3.8) is 0 Å². The van der Waals surface area contributed by atoms with Crippen molar-refractivity contribution in [3.8, 4) is 0 Å². The maximum absolute atomic E-state index is 11.6. The van der Waals surface area contributed by atoms with Crippen molar-refractivity contribution in [2.75, 3.05) is 5.75 Å². The molecule has 3 heteroatoms. The highest BCUT2D eigenvalue weighted by Crippen LogP contribution is 2.20. The van der Waals surface area contributed by atoms with Crippen molar-refractivity contribution >= 4 is 16.6 Å². The molecule has 0 aromatic rings. The van der Waals surface area contributed by atoms with Crippen molar-refractivity contribution in [2.45, 2.75) is 38.4 Å². The van der Waals surface area contributed by atoms with Crippen molar-refractivity contribution < 1.29 is 9.00 Å². The molecule has 1 rings (SSSR count). The summed E-state index contributed by atoms with van der Waals surface area (Å²) in [5.41, 5.74) is 0. The third-order valence-corrected chi connectivity index (χ3v) is 4.19. The predicted molar refractivity (Wildman–Crippen MR) is 50.5 cm³/mol. The first-order valence-electron chi connectivity index (χ1n) is 4.51. The molecule has 0 N–H and O–H groups in total. The lowest BCUT2D eigenvalue weighted by Gasteiger charge is -2.09. The number of ketones is 1. The summed E-state index contributed by atoms with van der Waals surface area (Å²) in [6.07, 6.45) is 2.43. The molecule has 0 spiro atoms. The highest BCUT2D eigenvalue weighted by molar-refractivity contribution is 7.86. The van der Waals surface area contributed by atoms with Gasteiger partial charge in [-0.2, -0.15) is 0 Å². The minimum Gasteiger partial charge on any atom is -0.298 e. The molecular weight excluding hydrogens is 172 g/mol. The average molecular weight is 188 g/mol. The van der Waals surface area contributed by atoms with Crippen LogP contribution in [0.4, 0.5) is 0 Å². The summed E-state index contributed by atoms with van der Waals surface area (Å²) in [5.74, 6) is 1.32. The van der Waals surface area contributed by atoms with Crippen LogP contribution in [0, 0.1) is 5.92 Å².